The quantitative estimate of drug-likeness (QED) is 0.143. The third-order valence-corrected chi connectivity index (χ3v) is 25.5. The Hall–Kier alpha value is -7.24. The molecule has 530 valence electrons. The number of furan rings is 1. The Kier molecular flexibility index (Phi) is 24.6. The first-order valence-electron chi connectivity index (χ1n) is 36.1. The van der Waals surface area contributed by atoms with Crippen molar-refractivity contribution < 1.29 is 33.2 Å². The van der Waals surface area contributed by atoms with Crippen molar-refractivity contribution in [2.75, 3.05) is 19.0 Å². The molecule has 2 fully saturated rings. The highest BCUT2D eigenvalue weighted by Gasteiger charge is 2.41. The summed E-state index contributed by atoms with van der Waals surface area (Å²) < 4.78 is 9.15. The van der Waals surface area contributed by atoms with Gasteiger partial charge in [0.1, 0.15) is 5.76 Å². The number of carbonyl (C=O) groups excluding carboxylic acids is 6. The molecule has 0 radical (unpaired) electrons. The number of hydrogen-bond donors (Lipinski definition) is 0. The number of benzene rings is 8. The van der Waals surface area contributed by atoms with Crippen LogP contribution >= 0.6 is 93.6 Å². The van der Waals surface area contributed by atoms with Gasteiger partial charge in [-0.1, -0.05) is 237 Å². The van der Waals surface area contributed by atoms with Gasteiger partial charge in [0.05, 0.1) is 45.7 Å². The molecule has 15 heteroatoms. The minimum absolute atomic E-state index is 0.0522. The van der Waals surface area contributed by atoms with Crippen LogP contribution in [0.3, 0.4) is 0 Å². The van der Waals surface area contributed by atoms with E-state index >= 15 is 0 Å². The van der Waals surface area contributed by atoms with E-state index in [0.29, 0.717) is 39.0 Å². The molecule has 8 aliphatic rings. The van der Waals surface area contributed by atoms with Crippen LogP contribution in [-0.2, 0) is 38.5 Å². The Balaban J connectivity index is 0.000000111. The van der Waals surface area contributed by atoms with Crippen LogP contribution in [0.25, 0.3) is 0 Å². The van der Waals surface area contributed by atoms with Gasteiger partial charge in [0.2, 0.25) is 0 Å². The van der Waals surface area contributed by atoms with Gasteiger partial charge in [0.15, 0.2) is 34.7 Å². The minimum atomic E-state index is -0.124. The fourth-order valence-corrected chi connectivity index (χ4v) is 20.0. The van der Waals surface area contributed by atoms with Crippen molar-refractivity contribution >= 4 is 134 Å². The monoisotopic (exact) mass is 1720 g/mol. The second-order valence-corrected chi connectivity index (χ2v) is 32.9. The van der Waals surface area contributed by atoms with Crippen LogP contribution in [0.2, 0.25) is 10.0 Å². The lowest BCUT2D eigenvalue weighted by Gasteiger charge is -2.26. The van der Waals surface area contributed by atoms with Crippen LogP contribution in [-0.4, -0.2) is 53.8 Å². The molecule has 2 heterocycles. The van der Waals surface area contributed by atoms with Crippen molar-refractivity contribution in [3.8, 4) is 0 Å². The zero-order chi connectivity index (χ0) is 72.7. The third kappa shape index (κ3) is 16.2. The summed E-state index contributed by atoms with van der Waals surface area (Å²) in [6.07, 6.45) is 21.2. The second-order valence-electron chi connectivity index (χ2n) is 28.4. The van der Waals surface area contributed by atoms with Crippen LogP contribution in [0.5, 0.6) is 0 Å². The van der Waals surface area contributed by atoms with E-state index in [1.165, 1.54) is 69.8 Å². The molecule has 0 spiro atoms. The lowest BCUT2D eigenvalue weighted by Crippen LogP contribution is -2.23. The highest BCUT2D eigenvalue weighted by molar-refractivity contribution is 14.1. The van der Waals surface area contributed by atoms with Gasteiger partial charge in [-0.3, -0.25) is 33.8 Å². The lowest BCUT2D eigenvalue weighted by atomic mass is 9.78. The van der Waals surface area contributed by atoms with Crippen molar-refractivity contribution in [3.05, 3.63) is 323 Å². The van der Waals surface area contributed by atoms with E-state index in [9.17, 15) is 28.8 Å². The summed E-state index contributed by atoms with van der Waals surface area (Å²) in [5.41, 5.74) is 16.1. The number of Topliss-reactive ketones (excluding diaryl/α,β-unsaturated/α-hetero) is 6. The van der Waals surface area contributed by atoms with E-state index in [4.69, 9.17) is 27.6 Å². The molecule has 6 atom stereocenters. The maximum Gasteiger partial charge on any atom is 0.175 e. The van der Waals surface area contributed by atoms with Crippen molar-refractivity contribution in [3.63, 3.8) is 0 Å². The lowest BCUT2D eigenvalue weighted by molar-refractivity contribution is 0.0861. The van der Waals surface area contributed by atoms with E-state index in [0.717, 1.165) is 139 Å². The molecular formula is C89H80Br3Cl2IN2O7. The molecule has 18 rings (SSSR count). The van der Waals surface area contributed by atoms with Crippen molar-refractivity contribution in [2.45, 2.75) is 126 Å². The smallest absolute Gasteiger partial charge is 0.175 e. The summed E-state index contributed by atoms with van der Waals surface area (Å²) >= 11 is 25.0. The molecule has 0 N–H and O–H groups in total. The summed E-state index contributed by atoms with van der Waals surface area (Å²) in [7, 11) is 4.04. The highest BCUT2D eigenvalue weighted by Crippen LogP contribution is 2.46. The number of fused-ring (bicyclic) bond motifs is 6. The number of rotatable bonds is 7. The van der Waals surface area contributed by atoms with Gasteiger partial charge < -0.3 is 9.32 Å². The summed E-state index contributed by atoms with van der Waals surface area (Å²) in [4.78, 5) is 81.0. The molecule has 104 heavy (non-hydrogen) atoms. The molecule has 0 amide bonds. The predicted octanol–water partition coefficient (Wildman–Crippen LogP) is 23.3. The van der Waals surface area contributed by atoms with Gasteiger partial charge in [-0.15, -0.1) is 0 Å². The van der Waals surface area contributed by atoms with E-state index in [2.05, 4.69) is 98.5 Å². The molecule has 0 saturated heterocycles. The van der Waals surface area contributed by atoms with Gasteiger partial charge in [-0.05, 0) is 210 Å². The Bertz CT molecular complexity index is 4630. The molecule has 2 saturated carbocycles. The normalized spacial score (nSPS) is 20.3. The molecule has 9 nitrogen and oxygen atoms in total. The van der Waals surface area contributed by atoms with Gasteiger partial charge >= 0.3 is 0 Å². The first-order chi connectivity index (χ1) is 50.4. The predicted molar refractivity (Wildman–Crippen MR) is 434 cm³/mol. The average molecular weight is 1730 g/mol. The van der Waals surface area contributed by atoms with E-state index < -0.39 is 0 Å². The first kappa shape index (κ1) is 75.0. The minimum Gasteiger partial charge on any atom is -0.469 e. The number of anilines is 1. The SMILES string of the molecule is CN(C)c1ccc(Br)c2c1CC(c1ccccc1)C2=O.O=C1c2c(Br)cccc2CC1C1CCCCC1.O=C1c2c(Br)cccc2CC1c1ccccn1.O=C1c2c(Cl)cccc2CC1C1CCCCC1.O=C1c2c(Cl)cccc2CC1c1ccccc1.O=C1c2c(I)cccc2CC1c1ccco1. The molecule has 0 bridgehead atoms. The fraction of sp³-hybridized carbons (Fsp3) is 0.292. The molecule has 0 aliphatic heterocycles. The molecule has 6 unspecified atom stereocenters. The van der Waals surface area contributed by atoms with Crippen molar-refractivity contribution in [1.82, 2.24) is 4.98 Å². The topological polar surface area (TPSA) is 132 Å². The van der Waals surface area contributed by atoms with Crippen LogP contribution in [0.15, 0.2) is 224 Å². The highest BCUT2D eigenvalue weighted by atomic mass is 127. The summed E-state index contributed by atoms with van der Waals surface area (Å²) in [5, 5.41) is 1.22. The second kappa shape index (κ2) is 34.1. The van der Waals surface area contributed by atoms with Gasteiger partial charge in [0, 0.05) is 88.2 Å². The van der Waals surface area contributed by atoms with Crippen LogP contribution in [0.1, 0.15) is 206 Å². The number of ketones is 6. The number of pyridine rings is 1. The van der Waals surface area contributed by atoms with Gasteiger partial charge in [0.25, 0.3) is 0 Å². The molecule has 10 aromatic rings. The molecular weight excluding hydrogens is 1650 g/mol. The maximum absolute atomic E-state index is 12.7. The van der Waals surface area contributed by atoms with Crippen LogP contribution in [0, 0.1) is 27.2 Å². The van der Waals surface area contributed by atoms with Crippen molar-refractivity contribution in [2.24, 2.45) is 23.7 Å². The van der Waals surface area contributed by atoms with E-state index in [-0.39, 0.29) is 58.6 Å². The third-order valence-electron chi connectivity index (χ3n) is 22.0. The Morgan fingerprint density at radius 2 is 0.827 bits per heavy atom. The van der Waals surface area contributed by atoms with Crippen molar-refractivity contribution in [1.29, 1.82) is 0 Å². The van der Waals surface area contributed by atoms with Gasteiger partial charge in [-0.25, -0.2) is 0 Å². The zero-order valence-electron chi connectivity index (χ0n) is 58.1. The summed E-state index contributed by atoms with van der Waals surface area (Å²) in [5.74, 6) is 3.55. The standard InChI is InChI=1S/C17H16BrNO.C15H17BrO.C15H17ClO.C15H11ClO.C14H10BrNO.C13H9IO2/c1-19(2)15-9-8-14(18)16-13(15)10-12(17(16)20)11-6-4-3-5-7-11;3*16-13-8-4-7-11-9-12(15(17)14(11)13)10-5-2-1-3-6-10;15-11-5-3-4-9-8-10(14(17)13(9)11)12-6-1-2-7-16-12;14-10-4-1-3-8-7-9(13(15)12(8)10)11-5-2-6-16-11/h3-9,12H,10H2,1-2H3;2*4,7-8,10,12H,1-3,5-6,9H2;1-8,12H,9H2;1-7,10H,8H2;1-6,9H,7H2. The summed E-state index contributed by atoms with van der Waals surface area (Å²) in [6.45, 7) is 0. The number of aromatic nitrogens is 1. The Morgan fingerprint density at radius 1 is 0.394 bits per heavy atom. The largest absolute Gasteiger partial charge is 0.469 e. The van der Waals surface area contributed by atoms with Crippen LogP contribution in [0.4, 0.5) is 5.69 Å². The Morgan fingerprint density at radius 3 is 1.33 bits per heavy atom. The summed E-state index contributed by atoms with van der Waals surface area (Å²) in [6, 6.07) is 63.0. The Labute approximate surface area is 658 Å². The number of halogens is 6. The van der Waals surface area contributed by atoms with Gasteiger partial charge in [-0.2, -0.15) is 0 Å². The molecule has 8 aliphatic carbocycles. The molecule has 2 aromatic heterocycles. The fourth-order valence-electron chi connectivity index (χ4n) is 16.8. The van der Waals surface area contributed by atoms with Crippen LogP contribution < -0.4 is 4.90 Å². The first-order valence-corrected chi connectivity index (χ1v) is 40.3. The number of nitrogens with zero attached hydrogens (tertiary/aromatic N) is 2. The average Bonchev–Trinajstić information content (AvgIpc) is 1.61. The number of hydrogen-bond acceptors (Lipinski definition) is 9. The molecule has 8 aromatic carbocycles. The maximum atomic E-state index is 12.7. The number of carbonyl (C=O) groups is 6. The van der Waals surface area contributed by atoms with E-state index in [1.807, 2.05) is 184 Å². The zero-order valence-corrected chi connectivity index (χ0v) is 66.5. The van der Waals surface area contributed by atoms with E-state index in [1.54, 1.807) is 18.5 Å².